The largest absolute Gasteiger partial charge is 0.493 e. The first-order chi connectivity index (χ1) is 14.5. The molecule has 3 heterocycles. The molecule has 1 aromatic carbocycles. The molecule has 0 bridgehead atoms. The molecule has 0 spiro atoms. The molecule has 156 valence electrons. The molecule has 0 atom stereocenters. The van der Waals surface area contributed by atoms with Crippen LogP contribution in [0, 0.1) is 0 Å². The minimum Gasteiger partial charge on any atom is -0.493 e. The molecule has 10 heteroatoms. The third-order valence-electron chi connectivity index (χ3n) is 4.51. The van der Waals surface area contributed by atoms with Crippen LogP contribution in [-0.2, 0) is 0 Å². The lowest BCUT2D eigenvalue weighted by Gasteiger charge is -2.14. The Morgan fingerprint density at radius 3 is 2.37 bits per heavy atom. The van der Waals surface area contributed by atoms with Crippen molar-refractivity contribution in [2.24, 2.45) is 0 Å². The van der Waals surface area contributed by atoms with Crippen molar-refractivity contribution < 1.29 is 14.2 Å². The summed E-state index contributed by atoms with van der Waals surface area (Å²) in [5, 5.41) is 3.27. The quantitative estimate of drug-likeness (QED) is 0.470. The summed E-state index contributed by atoms with van der Waals surface area (Å²) >= 11 is 1.49. The summed E-state index contributed by atoms with van der Waals surface area (Å²) in [4.78, 5) is 18.9. The molecule has 1 N–H and O–H groups in total. The maximum Gasteiger partial charge on any atom is 0.203 e. The number of nitrogens with zero attached hydrogens (tertiary/aromatic N) is 5. The van der Waals surface area contributed by atoms with E-state index in [1.165, 1.54) is 11.3 Å². The number of thiazole rings is 1. The van der Waals surface area contributed by atoms with Crippen LogP contribution in [0.15, 0.2) is 30.2 Å². The van der Waals surface area contributed by atoms with Gasteiger partial charge < -0.3 is 24.1 Å². The average molecular weight is 427 g/mol. The lowest BCUT2D eigenvalue weighted by atomic mass is 10.2. The molecule has 4 rings (SSSR count). The van der Waals surface area contributed by atoms with E-state index in [9.17, 15) is 0 Å². The Morgan fingerprint density at radius 2 is 1.73 bits per heavy atom. The van der Waals surface area contributed by atoms with E-state index in [2.05, 4.69) is 39.1 Å². The van der Waals surface area contributed by atoms with Crippen molar-refractivity contribution in [2.75, 3.05) is 26.6 Å². The number of fused-ring (bicyclic) bond motifs is 1. The number of hydrogen-bond acceptors (Lipinski definition) is 9. The molecule has 0 unspecified atom stereocenters. The van der Waals surface area contributed by atoms with E-state index in [0.717, 1.165) is 21.9 Å². The maximum absolute atomic E-state index is 5.44. The highest BCUT2D eigenvalue weighted by Crippen LogP contribution is 2.39. The number of imidazole rings is 1. The molecular weight excluding hydrogens is 404 g/mol. The van der Waals surface area contributed by atoms with Gasteiger partial charge in [0.15, 0.2) is 17.3 Å². The van der Waals surface area contributed by atoms with Crippen LogP contribution < -0.4 is 19.5 Å². The zero-order valence-corrected chi connectivity index (χ0v) is 18.1. The zero-order chi connectivity index (χ0) is 21.3. The van der Waals surface area contributed by atoms with E-state index >= 15 is 0 Å². The third-order valence-corrected chi connectivity index (χ3v) is 5.23. The summed E-state index contributed by atoms with van der Waals surface area (Å²) in [7, 11) is 4.75. The molecule has 0 aliphatic carbocycles. The lowest BCUT2D eigenvalue weighted by Crippen LogP contribution is -2.03. The van der Waals surface area contributed by atoms with Crippen LogP contribution in [0.2, 0.25) is 0 Å². The van der Waals surface area contributed by atoms with Gasteiger partial charge in [-0.25, -0.2) is 19.9 Å². The van der Waals surface area contributed by atoms with Crippen molar-refractivity contribution in [3.05, 3.63) is 36.0 Å². The SMILES string of the molecule is COc1cc(-n2cnc(Nc3nc(C(C)C)nc4scnc34)c2)cc(OC)c1OC. The number of aromatic nitrogens is 5. The summed E-state index contributed by atoms with van der Waals surface area (Å²) in [6, 6.07) is 3.71. The van der Waals surface area contributed by atoms with E-state index in [-0.39, 0.29) is 5.92 Å². The van der Waals surface area contributed by atoms with Gasteiger partial charge in [0.05, 0.1) is 38.7 Å². The van der Waals surface area contributed by atoms with Gasteiger partial charge in [0.2, 0.25) is 5.75 Å². The molecule has 0 aliphatic rings. The molecule has 4 aromatic rings. The molecule has 0 radical (unpaired) electrons. The smallest absolute Gasteiger partial charge is 0.203 e. The number of nitrogens with one attached hydrogen (secondary N) is 1. The Bertz CT molecular complexity index is 1160. The molecule has 0 amide bonds. The molecule has 0 saturated heterocycles. The fraction of sp³-hybridized carbons (Fsp3) is 0.300. The van der Waals surface area contributed by atoms with Gasteiger partial charge in [-0.15, -0.1) is 11.3 Å². The first-order valence-electron chi connectivity index (χ1n) is 9.26. The normalized spacial score (nSPS) is 11.1. The number of benzene rings is 1. The second-order valence-corrected chi connectivity index (χ2v) is 7.60. The van der Waals surface area contributed by atoms with Crippen molar-refractivity contribution in [3.8, 4) is 22.9 Å². The van der Waals surface area contributed by atoms with Gasteiger partial charge in [0.25, 0.3) is 0 Å². The highest BCUT2D eigenvalue weighted by Gasteiger charge is 2.16. The predicted molar refractivity (Wildman–Crippen MR) is 116 cm³/mol. The van der Waals surface area contributed by atoms with Gasteiger partial charge >= 0.3 is 0 Å². The first kappa shape index (κ1) is 19.9. The minimum absolute atomic E-state index is 0.203. The standard InChI is InChI=1S/C20H22N6O3S/c1-11(2)18-24-19(16-20(25-18)30-10-22-16)23-15-8-26(9-21-15)12-6-13(27-3)17(29-5)14(7-12)28-4/h6-11H,1-5H3,(H,23,24,25). The highest BCUT2D eigenvalue weighted by molar-refractivity contribution is 7.16. The molecular formula is C20H22N6O3S. The van der Waals surface area contributed by atoms with Crippen LogP contribution >= 0.6 is 11.3 Å². The van der Waals surface area contributed by atoms with E-state index in [1.807, 2.05) is 22.9 Å². The summed E-state index contributed by atoms with van der Waals surface area (Å²) in [5.74, 6) is 3.90. The molecule has 0 saturated carbocycles. The molecule has 30 heavy (non-hydrogen) atoms. The topological polar surface area (TPSA) is 96.2 Å². The molecule has 0 fully saturated rings. The van der Waals surface area contributed by atoms with E-state index in [4.69, 9.17) is 14.2 Å². The summed E-state index contributed by atoms with van der Waals surface area (Å²) in [5.41, 5.74) is 3.31. The molecule has 9 nitrogen and oxygen atoms in total. The van der Waals surface area contributed by atoms with Crippen molar-refractivity contribution in [1.82, 2.24) is 24.5 Å². The zero-order valence-electron chi connectivity index (χ0n) is 17.3. The van der Waals surface area contributed by atoms with Crippen molar-refractivity contribution in [2.45, 2.75) is 19.8 Å². The lowest BCUT2D eigenvalue weighted by molar-refractivity contribution is 0.324. The number of anilines is 2. The van der Waals surface area contributed by atoms with Gasteiger partial charge in [-0.05, 0) is 0 Å². The van der Waals surface area contributed by atoms with Crippen LogP contribution in [0.3, 0.4) is 0 Å². The monoisotopic (exact) mass is 426 g/mol. The van der Waals surface area contributed by atoms with Gasteiger partial charge in [0, 0.05) is 18.1 Å². The second kappa shape index (κ2) is 8.15. The highest BCUT2D eigenvalue weighted by atomic mass is 32.1. The van der Waals surface area contributed by atoms with Crippen LogP contribution in [0.25, 0.3) is 16.0 Å². The van der Waals surface area contributed by atoms with E-state index < -0.39 is 0 Å². The number of methoxy groups -OCH3 is 3. The Labute approximate surface area is 177 Å². The molecule has 3 aromatic heterocycles. The number of hydrogen-bond donors (Lipinski definition) is 1. The van der Waals surface area contributed by atoms with Gasteiger partial charge in [0.1, 0.15) is 28.3 Å². The second-order valence-electron chi connectivity index (χ2n) is 6.77. The van der Waals surface area contributed by atoms with Crippen LogP contribution in [0.5, 0.6) is 17.2 Å². The fourth-order valence-electron chi connectivity index (χ4n) is 2.99. The Balaban J connectivity index is 1.69. The predicted octanol–water partition coefficient (Wildman–Crippen LogP) is 4.16. The number of ether oxygens (including phenoxy) is 3. The van der Waals surface area contributed by atoms with Gasteiger partial charge in [-0.1, -0.05) is 13.8 Å². The first-order valence-corrected chi connectivity index (χ1v) is 10.1. The van der Waals surface area contributed by atoms with Crippen molar-refractivity contribution >= 4 is 33.3 Å². The van der Waals surface area contributed by atoms with Crippen molar-refractivity contribution in [1.29, 1.82) is 0 Å². The van der Waals surface area contributed by atoms with E-state index in [1.54, 1.807) is 33.2 Å². The average Bonchev–Trinajstić information content (AvgIpc) is 3.42. The molecule has 0 aliphatic heterocycles. The maximum atomic E-state index is 5.44. The van der Waals surface area contributed by atoms with Crippen LogP contribution in [0.4, 0.5) is 11.6 Å². The fourth-order valence-corrected chi connectivity index (χ4v) is 3.66. The summed E-state index contributed by atoms with van der Waals surface area (Å²) in [6.07, 6.45) is 3.56. The summed E-state index contributed by atoms with van der Waals surface area (Å²) in [6.45, 7) is 4.12. The van der Waals surface area contributed by atoms with Crippen LogP contribution in [0.1, 0.15) is 25.6 Å². The van der Waals surface area contributed by atoms with E-state index in [0.29, 0.717) is 28.9 Å². The Kier molecular flexibility index (Phi) is 5.40. The summed E-state index contributed by atoms with van der Waals surface area (Å²) < 4.78 is 18.1. The Hall–Kier alpha value is -3.40. The van der Waals surface area contributed by atoms with Gasteiger partial charge in [-0.2, -0.15) is 0 Å². The third kappa shape index (κ3) is 3.61. The van der Waals surface area contributed by atoms with Crippen LogP contribution in [-0.4, -0.2) is 45.8 Å². The minimum atomic E-state index is 0.203. The van der Waals surface area contributed by atoms with Gasteiger partial charge in [-0.3, -0.25) is 0 Å². The Morgan fingerprint density at radius 1 is 1.00 bits per heavy atom. The van der Waals surface area contributed by atoms with Crippen molar-refractivity contribution in [3.63, 3.8) is 0 Å². The number of rotatable bonds is 7.